The first-order valence-electron chi connectivity index (χ1n) is 7.14. The normalized spacial score (nSPS) is 11.5. The van der Waals surface area contributed by atoms with Crippen LogP contribution in [0.1, 0.15) is 38.3 Å². The van der Waals surface area contributed by atoms with E-state index in [9.17, 15) is 5.11 Å². The summed E-state index contributed by atoms with van der Waals surface area (Å²) in [4.78, 5) is 0. The van der Waals surface area contributed by atoms with E-state index in [1.807, 2.05) is 12.1 Å². The lowest BCUT2D eigenvalue weighted by Gasteiger charge is -2.23. The molecule has 0 saturated carbocycles. The Morgan fingerprint density at radius 2 is 1.76 bits per heavy atom. The zero-order chi connectivity index (χ0) is 15.5. The van der Waals surface area contributed by atoms with E-state index in [2.05, 4.69) is 32.9 Å². The molecule has 0 atom stereocenters. The lowest BCUT2D eigenvalue weighted by atomic mass is 9.82. The fourth-order valence-electron chi connectivity index (χ4n) is 2.06. The Kier molecular flexibility index (Phi) is 4.92. The van der Waals surface area contributed by atoms with E-state index in [1.165, 1.54) is 5.56 Å². The molecule has 2 aromatic carbocycles. The lowest BCUT2D eigenvalue weighted by molar-refractivity contribution is 0.276. The number of aliphatic hydroxyl groups excluding tert-OH is 1. The van der Waals surface area contributed by atoms with Crippen LogP contribution < -0.4 is 4.74 Å². The van der Waals surface area contributed by atoms with Gasteiger partial charge in [-0.1, -0.05) is 50.6 Å². The molecule has 0 saturated heterocycles. The van der Waals surface area contributed by atoms with Crippen LogP contribution in [-0.4, -0.2) is 5.11 Å². The van der Waals surface area contributed by atoms with Crippen molar-refractivity contribution < 1.29 is 9.84 Å². The molecule has 0 spiro atoms. The highest BCUT2D eigenvalue weighted by atomic mass is 35.5. The van der Waals surface area contributed by atoms with Crippen molar-refractivity contribution in [3.05, 3.63) is 58.6 Å². The summed E-state index contributed by atoms with van der Waals surface area (Å²) in [5.41, 5.74) is 2.16. The van der Waals surface area contributed by atoms with Crippen LogP contribution in [0, 0.1) is 0 Å². The van der Waals surface area contributed by atoms with Gasteiger partial charge in [0.25, 0.3) is 0 Å². The third-order valence-corrected chi connectivity index (χ3v) is 4.18. The summed E-state index contributed by atoms with van der Waals surface area (Å²) in [7, 11) is 0. The van der Waals surface area contributed by atoms with Crippen LogP contribution in [0.2, 0.25) is 5.02 Å². The van der Waals surface area contributed by atoms with Crippen molar-refractivity contribution in [2.24, 2.45) is 0 Å². The Bertz CT molecular complexity index is 603. The van der Waals surface area contributed by atoms with E-state index in [1.54, 1.807) is 18.2 Å². The number of aliphatic hydroxyl groups is 1. The molecule has 0 radical (unpaired) electrons. The SMILES string of the molecule is CCC(C)(C)c1ccc(Oc2cc(Cl)ccc2CO)cc1. The monoisotopic (exact) mass is 304 g/mol. The Hall–Kier alpha value is -1.51. The van der Waals surface area contributed by atoms with E-state index in [-0.39, 0.29) is 12.0 Å². The topological polar surface area (TPSA) is 29.5 Å². The molecule has 0 aliphatic heterocycles. The van der Waals surface area contributed by atoms with E-state index in [0.717, 1.165) is 17.7 Å². The molecule has 0 aliphatic rings. The predicted octanol–water partition coefficient (Wildman–Crippen LogP) is 5.31. The molecular formula is C18H21ClO2. The Morgan fingerprint density at radius 1 is 1.10 bits per heavy atom. The molecule has 2 aromatic rings. The second-order valence-electron chi connectivity index (χ2n) is 5.77. The maximum absolute atomic E-state index is 9.35. The molecule has 2 nitrogen and oxygen atoms in total. The lowest BCUT2D eigenvalue weighted by Crippen LogP contribution is -2.14. The number of benzene rings is 2. The molecule has 0 bridgehead atoms. The number of halogens is 1. The van der Waals surface area contributed by atoms with E-state index in [4.69, 9.17) is 16.3 Å². The van der Waals surface area contributed by atoms with Crippen LogP contribution in [0.15, 0.2) is 42.5 Å². The summed E-state index contributed by atoms with van der Waals surface area (Å²) in [6.45, 7) is 6.56. The van der Waals surface area contributed by atoms with Crippen LogP contribution in [0.5, 0.6) is 11.5 Å². The fraction of sp³-hybridized carbons (Fsp3) is 0.333. The van der Waals surface area contributed by atoms with E-state index < -0.39 is 0 Å². The Balaban J connectivity index is 2.23. The highest BCUT2D eigenvalue weighted by Gasteiger charge is 2.17. The summed E-state index contributed by atoms with van der Waals surface area (Å²) >= 11 is 5.98. The molecule has 0 aromatic heterocycles. The van der Waals surface area contributed by atoms with Crippen molar-refractivity contribution in [2.45, 2.75) is 39.2 Å². The van der Waals surface area contributed by atoms with Crippen molar-refractivity contribution in [1.82, 2.24) is 0 Å². The average molecular weight is 305 g/mol. The van der Waals surface area contributed by atoms with Crippen molar-refractivity contribution in [2.75, 3.05) is 0 Å². The summed E-state index contributed by atoms with van der Waals surface area (Å²) in [6, 6.07) is 13.3. The highest BCUT2D eigenvalue weighted by Crippen LogP contribution is 2.31. The first-order valence-corrected chi connectivity index (χ1v) is 7.52. The Morgan fingerprint density at radius 3 is 2.33 bits per heavy atom. The summed E-state index contributed by atoms with van der Waals surface area (Å²) in [5, 5.41) is 9.94. The van der Waals surface area contributed by atoms with Gasteiger partial charge in [-0.3, -0.25) is 0 Å². The standard InChI is InChI=1S/C18H21ClO2/c1-4-18(2,3)14-6-9-16(10-7-14)21-17-11-15(19)8-5-13(17)12-20/h5-11,20H,4,12H2,1-3H3. The number of rotatable bonds is 5. The first kappa shape index (κ1) is 15.9. The van der Waals surface area contributed by atoms with Gasteiger partial charge in [-0.2, -0.15) is 0 Å². The molecule has 0 fully saturated rings. The molecule has 0 aliphatic carbocycles. The van der Waals surface area contributed by atoms with Crippen LogP contribution in [0.3, 0.4) is 0 Å². The van der Waals surface area contributed by atoms with Gasteiger partial charge < -0.3 is 9.84 Å². The quantitative estimate of drug-likeness (QED) is 0.811. The molecule has 1 N–H and O–H groups in total. The molecular weight excluding hydrogens is 284 g/mol. The summed E-state index contributed by atoms with van der Waals surface area (Å²) in [6.07, 6.45) is 1.08. The molecule has 2 rings (SSSR count). The molecule has 21 heavy (non-hydrogen) atoms. The van der Waals surface area contributed by atoms with Gasteiger partial charge in [0.2, 0.25) is 0 Å². The Labute approximate surface area is 131 Å². The first-order chi connectivity index (χ1) is 9.96. The van der Waals surface area contributed by atoms with Crippen molar-refractivity contribution in [1.29, 1.82) is 0 Å². The van der Waals surface area contributed by atoms with Gasteiger partial charge in [-0.05, 0) is 41.7 Å². The number of hydrogen-bond acceptors (Lipinski definition) is 2. The average Bonchev–Trinajstić information content (AvgIpc) is 2.48. The predicted molar refractivity (Wildman–Crippen MR) is 87.2 cm³/mol. The second kappa shape index (κ2) is 6.50. The van der Waals surface area contributed by atoms with E-state index in [0.29, 0.717) is 10.8 Å². The van der Waals surface area contributed by atoms with Gasteiger partial charge in [0, 0.05) is 10.6 Å². The van der Waals surface area contributed by atoms with Crippen LogP contribution in [0.4, 0.5) is 0 Å². The van der Waals surface area contributed by atoms with Gasteiger partial charge in [0.05, 0.1) is 6.61 Å². The minimum absolute atomic E-state index is 0.0759. The minimum atomic E-state index is -0.0759. The largest absolute Gasteiger partial charge is 0.457 e. The zero-order valence-electron chi connectivity index (χ0n) is 12.7. The fourth-order valence-corrected chi connectivity index (χ4v) is 2.22. The molecule has 0 heterocycles. The molecule has 3 heteroatoms. The third-order valence-electron chi connectivity index (χ3n) is 3.95. The maximum Gasteiger partial charge on any atom is 0.134 e. The molecule has 0 unspecified atom stereocenters. The second-order valence-corrected chi connectivity index (χ2v) is 6.21. The van der Waals surface area contributed by atoms with Crippen molar-refractivity contribution in [3.8, 4) is 11.5 Å². The molecule has 0 amide bonds. The van der Waals surface area contributed by atoms with Crippen LogP contribution >= 0.6 is 11.6 Å². The smallest absolute Gasteiger partial charge is 0.134 e. The van der Waals surface area contributed by atoms with Crippen LogP contribution in [0.25, 0.3) is 0 Å². The van der Waals surface area contributed by atoms with Gasteiger partial charge in [-0.25, -0.2) is 0 Å². The number of ether oxygens (including phenoxy) is 1. The van der Waals surface area contributed by atoms with E-state index >= 15 is 0 Å². The van der Waals surface area contributed by atoms with Gasteiger partial charge in [0.15, 0.2) is 0 Å². The maximum atomic E-state index is 9.35. The minimum Gasteiger partial charge on any atom is -0.457 e. The van der Waals surface area contributed by atoms with Crippen LogP contribution in [-0.2, 0) is 12.0 Å². The third kappa shape index (κ3) is 3.78. The summed E-state index contributed by atoms with van der Waals surface area (Å²) < 4.78 is 5.84. The van der Waals surface area contributed by atoms with Crippen molar-refractivity contribution in [3.63, 3.8) is 0 Å². The van der Waals surface area contributed by atoms with Crippen molar-refractivity contribution >= 4 is 11.6 Å². The van der Waals surface area contributed by atoms with Gasteiger partial charge >= 0.3 is 0 Å². The van der Waals surface area contributed by atoms with Gasteiger partial charge in [0.1, 0.15) is 11.5 Å². The number of hydrogen-bond donors (Lipinski definition) is 1. The highest BCUT2D eigenvalue weighted by molar-refractivity contribution is 6.30. The summed E-state index contributed by atoms with van der Waals surface area (Å²) in [5.74, 6) is 1.33. The van der Waals surface area contributed by atoms with Gasteiger partial charge in [-0.15, -0.1) is 0 Å². The zero-order valence-corrected chi connectivity index (χ0v) is 13.4. The molecule has 112 valence electrons.